The average Bonchev–Trinajstić information content (AvgIpc) is 2.60. The zero-order chi connectivity index (χ0) is 16.9. The molecule has 134 valence electrons. The number of benzene rings is 1. The smallest absolute Gasteiger partial charge is 0.119 e. The number of fused-ring (bicyclic) bond motifs is 1. The molecular formula is C22H35NO. The zero-order valence-electron chi connectivity index (χ0n) is 15.9. The van der Waals surface area contributed by atoms with Crippen LogP contribution in [-0.4, -0.2) is 30.6 Å². The molecule has 0 N–H and O–H groups in total. The first-order chi connectivity index (χ1) is 11.7. The van der Waals surface area contributed by atoms with Crippen LogP contribution < -0.4 is 4.74 Å². The van der Waals surface area contributed by atoms with Crippen molar-refractivity contribution in [2.45, 2.75) is 89.6 Å². The molecule has 1 aliphatic heterocycles. The van der Waals surface area contributed by atoms with Crippen LogP contribution in [0.1, 0.15) is 82.3 Å². The summed E-state index contributed by atoms with van der Waals surface area (Å²) in [6.45, 7) is 6.13. The van der Waals surface area contributed by atoms with Gasteiger partial charge in [-0.2, -0.15) is 0 Å². The minimum Gasteiger partial charge on any atom is -0.497 e. The molecule has 1 aromatic rings. The lowest BCUT2D eigenvalue weighted by Crippen LogP contribution is -2.44. The van der Waals surface area contributed by atoms with Gasteiger partial charge >= 0.3 is 0 Å². The second-order valence-electron chi connectivity index (χ2n) is 8.02. The van der Waals surface area contributed by atoms with Gasteiger partial charge in [0.15, 0.2) is 0 Å². The number of aryl methyl sites for hydroxylation is 1. The molecule has 0 saturated carbocycles. The first-order valence-corrected chi connectivity index (χ1v) is 10.1. The lowest BCUT2D eigenvalue weighted by molar-refractivity contribution is 0.101. The van der Waals surface area contributed by atoms with Gasteiger partial charge in [-0.25, -0.2) is 0 Å². The molecule has 0 bridgehead atoms. The standard InChI is InChI=1S/C22H35NO/c1-17-8-6-9-18(2)23(17)15-5-4-10-19-11-7-12-20-16-21(24-3)13-14-22(19)20/h13-14,16-19H,4-12,15H2,1-3H3/t17-,18+,19?. The van der Waals surface area contributed by atoms with Gasteiger partial charge in [0.05, 0.1) is 7.11 Å². The normalized spacial score (nSPS) is 27.7. The van der Waals surface area contributed by atoms with Crippen molar-refractivity contribution in [2.75, 3.05) is 13.7 Å². The summed E-state index contributed by atoms with van der Waals surface area (Å²) in [5.74, 6) is 1.79. The van der Waals surface area contributed by atoms with Crippen LogP contribution in [0.15, 0.2) is 18.2 Å². The van der Waals surface area contributed by atoms with Crippen molar-refractivity contribution < 1.29 is 4.74 Å². The molecule has 1 fully saturated rings. The Bertz CT molecular complexity index is 517. The SMILES string of the molecule is COc1ccc2c(c1)CCCC2CCCCN1[C@H](C)CCC[C@@H]1C. The van der Waals surface area contributed by atoms with Crippen LogP contribution in [0.4, 0.5) is 0 Å². The highest BCUT2D eigenvalue weighted by Gasteiger charge is 2.24. The molecule has 2 nitrogen and oxygen atoms in total. The maximum atomic E-state index is 5.40. The van der Waals surface area contributed by atoms with Gasteiger partial charge in [0, 0.05) is 12.1 Å². The molecule has 2 aliphatic rings. The second kappa shape index (κ2) is 8.38. The van der Waals surface area contributed by atoms with Gasteiger partial charge in [-0.15, -0.1) is 0 Å². The van der Waals surface area contributed by atoms with Crippen molar-refractivity contribution in [3.63, 3.8) is 0 Å². The summed E-state index contributed by atoms with van der Waals surface area (Å²) < 4.78 is 5.40. The monoisotopic (exact) mass is 329 g/mol. The van der Waals surface area contributed by atoms with E-state index >= 15 is 0 Å². The summed E-state index contributed by atoms with van der Waals surface area (Å²) in [5.41, 5.74) is 3.13. The summed E-state index contributed by atoms with van der Waals surface area (Å²) in [7, 11) is 1.77. The predicted molar refractivity (Wildman–Crippen MR) is 102 cm³/mol. The third-order valence-electron chi connectivity index (χ3n) is 6.38. The van der Waals surface area contributed by atoms with E-state index in [9.17, 15) is 0 Å². The fourth-order valence-electron chi connectivity index (χ4n) is 4.92. The molecule has 0 radical (unpaired) electrons. The van der Waals surface area contributed by atoms with E-state index in [1.807, 2.05) is 0 Å². The van der Waals surface area contributed by atoms with Crippen LogP contribution >= 0.6 is 0 Å². The molecule has 1 unspecified atom stereocenters. The van der Waals surface area contributed by atoms with E-state index in [2.05, 4.69) is 36.9 Å². The van der Waals surface area contributed by atoms with E-state index in [0.29, 0.717) is 0 Å². The fraction of sp³-hybridized carbons (Fsp3) is 0.727. The van der Waals surface area contributed by atoms with Crippen molar-refractivity contribution in [1.29, 1.82) is 0 Å². The maximum Gasteiger partial charge on any atom is 0.119 e. The van der Waals surface area contributed by atoms with E-state index in [-0.39, 0.29) is 0 Å². The molecular weight excluding hydrogens is 294 g/mol. The molecule has 1 aliphatic carbocycles. The summed E-state index contributed by atoms with van der Waals surface area (Å²) in [5, 5.41) is 0. The topological polar surface area (TPSA) is 12.5 Å². The van der Waals surface area contributed by atoms with Crippen molar-refractivity contribution in [3.05, 3.63) is 29.3 Å². The summed E-state index contributed by atoms with van der Waals surface area (Å²) in [6, 6.07) is 8.31. The van der Waals surface area contributed by atoms with Crippen LogP contribution in [0.25, 0.3) is 0 Å². The van der Waals surface area contributed by atoms with E-state index in [1.165, 1.54) is 69.9 Å². The highest BCUT2D eigenvalue weighted by Crippen LogP contribution is 2.36. The van der Waals surface area contributed by atoms with Crippen LogP contribution in [0, 0.1) is 0 Å². The number of methoxy groups -OCH3 is 1. The van der Waals surface area contributed by atoms with Gasteiger partial charge in [0.1, 0.15) is 5.75 Å². The quantitative estimate of drug-likeness (QED) is 0.635. The number of hydrogen-bond acceptors (Lipinski definition) is 2. The number of ether oxygens (including phenoxy) is 1. The first kappa shape index (κ1) is 17.8. The van der Waals surface area contributed by atoms with Gasteiger partial charge in [-0.3, -0.25) is 4.90 Å². The fourth-order valence-corrected chi connectivity index (χ4v) is 4.92. The third-order valence-corrected chi connectivity index (χ3v) is 6.38. The molecule has 2 heteroatoms. The minimum atomic E-state index is 0.774. The van der Waals surface area contributed by atoms with Gasteiger partial charge < -0.3 is 4.74 Å². The molecule has 1 heterocycles. The Labute approximate surface area is 148 Å². The Morgan fingerprint density at radius 1 is 1.04 bits per heavy atom. The van der Waals surface area contributed by atoms with Crippen molar-refractivity contribution in [1.82, 2.24) is 4.90 Å². The first-order valence-electron chi connectivity index (χ1n) is 10.1. The Kier molecular flexibility index (Phi) is 6.21. The Morgan fingerprint density at radius 3 is 2.58 bits per heavy atom. The van der Waals surface area contributed by atoms with Gasteiger partial charge in [-0.05, 0) is 94.5 Å². The summed E-state index contributed by atoms with van der Waals surface area (Å²) >= 11 is 0. The van der Waals surface area contributed by atoms with Crippen molar-refractivity contribution in [2.24, 2.45) is 0 Å². The predicted octanol–water partition coefficient (Wildman–Crippen LogP) is 5.55. The average molecular weight is 330 g/mol. The number of rotatable bonds is 6. The Balaban J connectivity index is 1.49. The lowest BCUT2D eigenvalue weighted by atomic mass is 9.80. The third kappa shape index (κ3) is 4.14. The van der Waals surface area contributed by atoms with Crippen LogP contribution in [0.5, 0.6) is 5.75 Å². The molecule has 0 spiro atoms. The minimum absolute atomic E-state index is 0.774. The van der Waals surface area contributed by atoms with E-state index in [4.69, 9.17) is 4.74 Å². The van der Waals surface area contributed by atoms with E-state index in [0.717, 1.165) is 23.8 Å². The lowest BCUT2D eigenvalue weighted by Gasteiger charge is -2.39. The largest absolute Gasteiger partial charge is 0.497 e. The summed E-state index contributed by atoms with van der Waals surface area (Å²) in [4.78, 5) is 2.75. The van der Waals surface area contributed by atoms with Crippen molar-refractivity contribution >= 4 is 0 Å². The van der Waals surface area contributed by atoms with Crippen LogP contribution in [0.2, 0.25) is 0 Å². The molecule has 1 saturated heterocycles. The van der Waals surface area contributed by atoms with Crippen molar-refractivity contribution in [3.8, 4) is 5.75 Å². The van der Waals surface area contributed by atoms with E-state index < -0.39 is 0 Å². The highest BCUT2D eigenvalue weighted by atomic mass is 16.5. The number of piperidine rings is 1. The van der Waals surface area contributed by atoms with Gasteiger partial charge in [0.2, 0.25) is 0 Å². The van der Waals surface area contributed by atoms with Gasteiger partial charge in [0.25, 0.3) is 0 Å². The zero-order valence-corrected chi connectivity index (χ0v) is 15.9. The highest BCUT2D eigenvalue weighted by molar-refractivity contribution is 5.39. The van der Waals surface area contributed by atoms with Gasteiger partial charge in [-0.1, -0.05) is 18.9 Å². The maximum absolute atomic E-state index is 5.40. The van der Waals surface area contributed by atoms with Crippen LogP contribution in [0.3, 0.4) is 0 Å². The number of hydrogen-bond donors (Lipinski definition) is 0. The molecule has 3 rings (SSSR count). The second-order valence-corrected chi connectivity index (χ2v) is 8.02. The summed E-state index contributed by atoms with van der Waals surface area (Å²) in [6.07, 6.45) is 12.2. The molecule has 0 amide bonds. The number of nitrogens with zero attached hydrogens (tertiary/aromatic N) is 1. The van der Waals surface area contributed by atoms with Crippen LogP contribution in [-0.2, 0) is 6.42 Å². The number of unbranched alkanes of at least 4 members (excludes halogenated alkanes) is 1. The Morgan fingerprint density at radius 2 is 1.83 bits per heavy atom. The molecule has 3 atom stereocenters. The van der Waals surface area contributed by atoms with E-state index in [1.54, 1.807) is 12.7 Å². The molecule has 0 aromatic heterocycles. The Hall–Kier alpha value is -1.02. The number of likely N-dealkylation sites (tertiary alicyclic amines) is 1. The molecule has 1 aromatic carbocycles. The molecule has 24 heavy (non-hydrogen) atoms.